The maximum Gasteiger partial charge on any atom is 0.356 e. The van der Waals surface area contributed by atoms with Crippen LogP contribution in [0.4, 0.5) is 11.5 Å². The van der Waals surface area contributed by atoms with Crippen molar-refractivity contribution in [2.45, 2.75) is 6.92 Å². The van der Waals surface area contributed by atoms with Gasteiger partial charge in [0.05, 0.1) is 31.7 Å². The SMILES string of the molecule is CCN(CC(=O)Nc1ccccc1OC)c1cnc(C(=O)O)cn1. The summed E-state index contributed by atoms with van der Waals surface area (Å²) in [6.07, 6.45) is 2.50. The van der Waals surface area contributed by atoms with Gasteiger partial charge in [0, 0.05) is 6.54 Å². The highest BCUT2D eigenvalue weighted by Crippen LogP contribution is 2.23. The number of likely N-dealkylation sites (N-methyl/N-ethyl adjacent to an activating group) is 1. The third-order valence-electron chi connectivity index (χ3n) is 3.28. The summed E-state index contributed by atoms with van der Waals surface area (Å²) >= 11 is 0. The van der Waals surface area contributed by atoms with Gasteiger partial charge in [0.25, 0.3) is 0 Å². The zero-order chi connectivity index (χ0) is 17.5. The molecule has 0 bridgehead atoms. The number of hydrogen-bond donors (Lipinski definition) is 2. The van der Waals surface area contributed by atoms with E-state index in [0.29, 0.717) is 23.8 Å². The van der Waals surface area contributed by atoms with Gasteiger partial charge in [-0.25, -0.2) is 14.8 Å². The summed E-state index contributed by atoms with van der Waals surface area (Å²) in [6.45, 7) is 2.43. The van der Waals surface area contributed by atoms with E-state index in [9.17, 15) is 9.59 Å². The summed E-state index contributed by atoms with van der Waals surface area (Å²) in [7, 11) is 1.53. The van der Waals surface area contributed by atoms with Crippen molar-refractivity contribution in [3.63, 3.8) is 0 Å². The van der Waals surface area contributed by atoms with Crippen LogP contribution in [0, 0.1) is 0 Å². The average molecular weight is 330 g/mol. The molecule has 1 amide bonds. The van der Waals surface area contributed by atoms with E-state index >= 15 is 0 Å². The number of amides is 1. The lowest BCUT2D eigenvalue weighted by atomic mass is 10.3. The highest BCUT2D eigenvalue weighted by molar-refractivity contribution is 5.95. The van der Waals surface area contributed by atoms with Gasteiger partial charge in [-0.3, -0.25) is 4.79 Å². The van der Waals surface area contributed by atoms with Crippen LogP contribution < -0.4 is 15.0 Å². The first-order chi connectivity index (χ1) is 11.5. The molecule has 0 aliphatic carbocycles. The highest BCUT2D eigenvalue weighted by Gasteiger charge is 2.14. The Balaban J connectivity index is 2.06. The fourth-order valence-electron chi connectivity index (χ4n) is 2.06. The number of carboxylic acids is 1. The van der Waals surface area contributed by atoms with Gasteiger partial charge in [0.2, 0.25) is 5.91 Å². The van der Waals surface area contributed by atoms with Crippen LogP contribution in [0.5, 0.6) is 5.75 Å². The van der Waals surface area contributed by atoms with Crippen LogP contribution in [0.15, 0.2) is 36.7 Å². The molecule has 0 atom stereocenters. The minimum Gasteiger partial charge on any atom is -0.495 e. The lowest BCUT2D eigenvalue weighted by Crippen LogP contribution is -2.34. The molecule has 0 unspecified atom stereocenters. The summed E-state index contributed by atoms with van der Waals surface area (Å²) < 4.78 is 5.19. The van der Waals surface area contributed by atoms with Gasteiger partial charge in [0.15, 0.2) is 5.69 Å². The Morgan fingerprint density at radius 1 is 1.25 bits per heavy atom. The number of nitrogens with one attached hydrogen (secondary N) is 1. The Bertz CT molecular complexity index is 718. The summed E-state index contributed by atoms with van der Waals surface area (Å²) in [5.74, 6) is -0.395. The highest BCUT2D eigenvalue weighted by atomic mass is 16.5. The molecule has 1 heterocycles. The number of para-hydroxylation sites is 2. The number of carbonyl (C=O) groups is 2. The van der Waals surface area contributed by atoms with Crippen molar-refractivity contribution in [2.24, 2.45) is 0 Å². The van der Waals surface area contributed by atoms with Gasteiger partial charge in [-0.2, -0.15) is 0 Å². The molecule has 1 aromatic carbocycles. The smallest absolute Gasteiger partial charge is 0.356 e. The zero-order valence-electron chi connectivity index (χ0n) is 13.4. The molecular weight excluding hydrogens is 312 g/mol. The molecule has 2 aromatic rings. The average Bonchev–Trinajstić information content (AvgIpc) is 2.60. The van der Waals surface area contributed by atoms with Gasteiger partial charge < -0.3 is 20.1 Å². The van der Waals surface area contributed by atoms with E-state index in [2.05, 4.69) is 15.3 Å². The van der Waals surface area contributed by atoms with E-state index in [1.807, 2.05) is 13.0 Å². The molecule has 0 spiro atoms. The number of aromatic carboxylic acids is 1. The normalized spacial score (nSPS) is 10.1. The molecule has 0 fully saturated rings. The Morgan fingerprint density at radius 2 is 2.00 bits per heavy atom. The number of carbonyl (C=O) groups excluding carboxylic acids is 1. The predicted molar refractivity (Wildman–Crippen MR) is 88.5 cm³/mol. The first-order valence-corrected chi connectivity index (χ1v) is 7.28. The van der Waals surface area contributed by atoms with Crippen molar-refractivity contribution in [1.29, 1.82) is 0 Å². The Hall–Kier alpha value is -3.16. The van der Waals surface area contributed by atoms with Crippen molar-refractivity contribution in [3.05, 3.63) is 42.4 Å². The first kappa shape index (κ1) is 17.2. The third kappa shape index (κ3) is 4.19. The van der Waals surface area contributed by atoms with Crippen molar-refractivity contribution in [3.8, 4) is 5.75 Å². The summed E-state index contributed by atoms with van der Waals surface area (Å²) in [4.78, 5) is 32.6. The van der Waals surface area contributed by atoms with E-state index in [1.165, 1.54) is 19.5 Å². The predicted octanol–water partition coefficient (Wildman–Crippen LogP) is 1.65. The van der Waals surface area contributed by atoms with Crippen molar-refractivity contribution in [1.82, 2.24) is 9.97 Å². The topological polar surface area (TPSA) is 105 Å². The molecule has 0 radical (unpaired) electrons. The van der Waals surface area contributed by atoms with Crippen molar-refractivity contribution >= 4 is 23.4 Å². The molecule has 8 nitrogen and oxygen atoms in total. The van der Waals surface area contributed by atoms with Crippen LogP contribution in [0.25, 0.3) is 0 Å². The number of ether oxygens (including phenoxy) is 1. The van der Waals surface area contributed by atoms with Crippen LogP contribution >= 0.6 is 0 Å². The van der Waals surface area contributed by atoms with E-state index in [-0.39, 0.29) is 18.1 Å². The van der Waals surface area contributed by atoms with Gasteiger partial charge in [-0.15, -0.1) is 0 Å². The molecule has 8 heteroatoms. The molecule has 2 N–H and O–H groups in total. The van der Waals surface area contributed by atoms with Crippen LogP contribution in [-0.4, -0.2) is 47.2 Å². The standard InChI is InChI=1S/C16H18N4O4/c1-3-20(14-9-17-12(8-18-14)16(22)23)10-15(21)19-11-6-4-5-7-13(11)24-2/h4-9H,3,10H2,1-2H3,(H,19,21)(H,22,23). The number of anilines is 2. The number of hydrogen-bond acceptors (Lipinski definition) is 6. The van der Waals surface area contributed by atoms with E-state index in [4.69, 9.17) is 9.84 Å². The second-order valence-corrected chi connectivity index (χ2v) is 4.83. The minimum absolute atomic E-state index is 0.0512. The number of nitrogens with zero attached hydrogens (tertiary/aromatic N) is 3. The number of benzene rings is 1. The third-order valence-corrected chi connectivity index (χ3v) is 3.28. The summed E-state index contributed by atoms with van der Waals surface area (Å²) in [6, 6.07) is 7.11. The molecule has 0 aliphatic heterocycles. The molecule has 2 rings (SSSR count). The fraction of sp³-hybridized carbons (Fsp3) is 0.250. The Kier molecular flexibility index (Phi) is 5.67. The quantitative estimate of drug-likeness (QED) is 0.795. The van der Waals surface area contributed by atoms with Gasteiger partial charge >= 0.3 is 5.97 Å². The van der Waals surface area contributed by atoms with E-state index < -0.39 is 5.97 Å². The van der Waals surface area contributed by atoms with Crippen LogP contribution in [-0.2, 0) is 4.79 Å². The number of rotatable bonds is 7. The summed E-state index contributed by atoms with van der Waals surface area (Å²) in [5.41, 5.74) is 0.432. The molecule has 0 saturated carbocycles. The van der Waals surface area contributed by atoms with Gasteiger partial charge in [0.1, 0.15) is 11.6 Å². The zero-order valence-corrected chi connectivity index (χ0v) is 13.4. The molecule has 126 valence electrons. The number of aromatic nitrogens is 2. The largest absolute Gasteiger partial charge is 0.495 e. The number of methoxy groups -OCH3 is 1. The fourth-order valence-corrected chi connectivity index (χ4v) is 2.06. The van der Waals surface area contributed by atoms with E-state index in [0.717, 1.165) is 0 Å². The van der Waals surface area contributed by atoms with Crippen LogP contribution in [0.1, 0.15) is 17.4 Å². The second kappa shape index (κ2) is 7.91. The summed E-state index contributed by atoms with van der Waals surface area (Å²) in [5, 5.41) is 11.6. The van der Waals surface area contributed by atoms with Crippen molar-refractivity contribution < 1.29 is 19.4 Å². The van der Waals surface area contributed by atoms with Crippen LogP contribution in [0.2, 0.25) is 0 Å². The molecule has 1 aromatic heterocycles. The second-order valence-electron chi connectivity index (χ2n) is 4.83. The van der Waals surface area contributed by atoms with Gasteiger partial charge in [-0.1, -0.05) is 12.1 Å². The molecule has 24 heavy (non-hydrogen) atoms. The molecule has 0 aliphatic rings. The number of carboxylic acid groups (broad SMARTS) is 1. The lowest BCUT2D eigenvalue weighted by molar-refractivity contribution is -0.115. The Morgan fingerprint density at radius 3 is 2.58 bits per heavy atom. The molecule has 0 saturated heterocycles. The first-order valence-electron chi connectivity index (χ1n) is 7.28. The van der Waals surface area contributed by atoms with Crippen molar-refractivity contribution in [2.75, 3.05) is 30.4 Å². The minimum atomic E-state index is -1.15. The lowest BCUT2D eigenvalue weighted by Gasteiger charge is -2.21. The van der Waals surface area contributed by atoms with Gasteiger partial charge in [-0.05, 0) is 19.1 Å². The maximum absolute atomic E-state index is 12.2. The molecular formula is C16H18N4O4. The van der Waals surface area contributed by atoms with E-state index in [1.54, 1.807) is 23.1 Å². The maximum atomic E-state index is 12.2. The monoisotopic (exact) mass is 330 g/mol. The van der Waals surface area contributed by atoms with Crippen LogP contribution in [0.3, 0.4) is 0 Å². The Labute approximate surface area is 139 Å².